The van der Waals surface area contributed by atoms with Crippen molar-refractivity contribution in [2.45, 2.75) is 26.8 Å². The molecule has 0 radical (unpaired) electrons. The van der Waals surface area contributed by atoms with E-state index in [1.807, 2.05) is 0 Å². The number of rotatable bonds is 5. The molecule has 1 rings (SSSR count). The van der Waals surface area contributed by atoms with Gasteiger partial charge in [0.1, 0.15) is 0 Å². The Kier molecular flexibility index (Phi) is 4.99. The molecular formula is C10H16BrNS. The molecular weight excluding hydrogens is 246 g/mol. The maximum atomic E-state index is 3.46. The van der Waals surface area contributed by atoms with E-state index in [1.54, 1.807) is 11.3 Å². The minimum Gasteiger partial charge on any atom is -0.312 e. The van der Waals surface area contributed by atoms with Crippen LogP contribution in [0.3, 0.4) is 0 Å². The van der Waals surface area contributed by atoms with E-state index in [0.29, 0.717) is 0 Å². The lowest BCUT2D eigenvalue weighted by Crippen LogP contribution is -2.15. The van der Waals surface area contributed by atoms with Gasteiger partial charge in [0.05, 0.1) is 3.79 Å². The van der Waals surface area contributed by atoms with E-state index in [0.717, 1.165) is 19.0 Å². The maximum absolute atomic E-state index is 3.46. The third kappa shape index (κ3) is 4.79. The predicted molar refractivity (Wildman–Crippen MR) is 63.2 cm³/mol. The molecule has 0 fully saturated rings. The normalized spacial score (nSPS) is 11.1. The monoisotopic (exact) mass is 261 g/mol. The van der Waals surface area contributed by atoms with Crippen molar-refractivity contribution in [3.8, 4) is 0 Å². The Morgan fingerprint density at radius 2 is 2.23 bits per heavy atom. The summed E-state index contributed by atoms with van der Waals surface area (Å²) in [4.78, 5) is 1.40. The molecule has 0 aliphatic carbocycles. The highest BCUT2D eigenvalue weighted by Gasteiger charge is 1.97. The Labute approximate surface area is 92.7 Å². The predicted octanol–water partition coefficient (Wildman–Crippen LogP) is 3.65. The van der Waals surface area contributed by atoms with Crippen molar-refractivity contribution in [1.29, 1.82) is 0 Å². The molecule has 0 atom stereocenters. The fourth-order valence-corrected chi connectivity index (χ4v) is 2.50. The van der Waals surface area contributed by atoms with Crippen LogP contribution in [0.15, 0.2) is 15.9 Å². The van der Waals surface area contributed by atoms with Crippen LogP contribution in [0.25, 0.3) is 0 Å². The standard InChI is InChI=1S/C10H16BrNS/c1-8(2)5-6-12-7-9-3-4-10(11)13-9/h3-4,8,12H,5-7H2,1-2H3. The Morgan fingerprint density at radius 3 is 2.77 bits per heavy atom. The maximum Gasteiger partial charge on any atom is 0.0701 e. The van der Waals surface area contributed by atoms with Gasteiger partial charge in [-0.25, -0.2) is 0 Å². The molecule has 3 heteroatoms. The summed E-state index contributed by atoms with van der Waals surface area (Å²) >= 11 is 5.26. The second kappa shape index (κ2) is 5.78. The first-order chi connectivity index (χ1) is 6.18. The Hall–Kier alpha value is 0.140. The van der Waals surface area contributed by atoms with Gasteiger partial charge in [-0.3, -0.25) is 0 Å². The molecule has 0 aliphatic heterocycles. The van der Waals surface area contributed by atoms with E-state index in [1.165, 1.54) is 15.1 Å². The highest BCUT2D eigenvalue weighted by Crippen LogP contribution is 2.21. The van der Waals surface area contributed by atoms with Gasteiger partial charge in [-0.1, -0.05) is 13.8 Å². The smallest absolute Gasteiger partial charge is 0.0701 e. The minimum absolute atomic E-state index is 0.794. The van der Waals surface area contributed by atoms with Gasteiger partial charge in [0.15, 0.2) is 0 Å². The SMILES string of the molecule is CC(C)CCNCc1ccc(Br)s1. The van der Waals surface area contributed by atoms with Gasteiger partial charge >= 0.3 is 0 Å². The number of thiophene rings is 1. The first kappa shape index (κ1) is 11.2. The third-order valence-corrected chi connectivity index (χ3v) is 3.45. The summed E-state index contributed by atoms with van der Waals surface area (Å²) in [5.74, 6) is 0.794. The van der Waals surface area contributed by atoms with Gasteiger partial charge in [-0.2, -0.15) is 0 Å². The van der Waals surface area contributed by atoms with Crippen LogP contribution in [0.5, 0.6) is 0 Å². The van der Waals surface area contributed by atoms with Crippen molar-refractivity contribution >= 4 is 27.3 Å². The van der Waals surface area contributed by atoms with E-state index in [2.05, 4.69) is 47.2 Å². The van der Waals surface area contributed by atoms with Crippen molar-refractivity contribution in [3.63, 3.8) is 0 Å². The summed E-state index contributed by atoms with van der Waals surface area (Å²) in [5, 5.41) is 3.44. The molecule has 0 bridgehead atoms. The third-order valence-electron chi connectivity index (χ3n) is 1.83. The van der Waals surface area contributed by atoms with Gasteiger partial charge in [0, 0.05) is 11.4 Å². The molecule has 0 saturated heterocycles. The minimum atomic E-state index is 0.794. The van der Waals surface area contributed by atoms with Crippen LogP contribution >= 0.6 is 27.3 Å². The van der Waals surface area contributed by atoms with Crippen molar-refractivity contribution in [2.75, 3.05) is 6.54 Å². The van der Waals surface area contributed by atoms with Crippen LogP contribution in [0.4, 0.5) is 0 Å². The van der Waals surface area contributed by atoms with E-state index in [4.69, 9.17) is 0 Å². The average molecular weight is 262 g/mol. The number of hydrogen-bond donors (Lipinski definition) is 1. The molecule has 0 amide bonds. The largest absolute Gasteiger partial charge is 0.312 e. The number of nitrogens with one attached hydrogen (secondary N) is 1. The molecule has 0 aliphatic rings. The molecule has 0 aromatic carbocycles. The second-order valence-electron chi connectivity index (χ2n) is 3.57. The molecule has 1 aromatic heterocycles. The van der Waals surface area contributed by atoms with Crippen molar-refractivity contribution in [3.05, 3.63) is 20.8 Å². The molecule has 0 saturated carbocycles. The van der Waals surface area contributed by atoms with E-state index >= 15 is 0 Å². The molecule has 0 spiro atoms. The molecule has 1 aromatic rings. The zero-order valence-corrected chi connectivity index (χ0v) is 10.5. The Bertz CT molecular complexity index is 245. The second-order valence-corrected chi connectivity index (χ2v) is 6.11. The zero-order chi connectivity index (χ0) is 9.68. The molecule has 1 nitrogen and oxygen atoms in total. The summed E-state index contributed by atoms with van der Waals surface area (Å²) in [6, 6.07) is 4.27. The fourth-order valence-electron chi connectivity index (χ4n) is 1.05. The lowest BCUT2D eigenvalue weighted by atomic mass is 10.1. The van der Waals surface area contributed by atoms with Gasteiger partial charge in [-0.15, -0.1) is 11.3 Å². The number of hydrogen-bond acceptors (Lipinski definition) is 2. The van der Waals surface area contributed by atoms with E-state index in [-0.39, 0.29) is 0 Å². The molecule has 0 unspecified atom stereocenters. The molecule has 1 heterocycles. The van der Waals surface area contributed by atoms with Crippen LogP contribution in [0.1, 0.15) is 25.1 Å². The first-order valence-corrected chi connectivity index (χ1v) is 6.24. The Balaban J connectivity index is 2.13. The highest BCUT2D eigenvalue weighted by molar-refractivity contribution is 9.11. The topological polar surface area (TPSA) is 12.0 Å². The van der Waals surface area contributed by atoms with Crippen LogP contribution in [0.2, 0.25) is 0 Å². The van der Waals surface area contributed by atoms with Gasteiger partial charge in [0.2, 0.25) is 0 Å². The zero-order valence-electron chi connectivity index (χ0n) is 8.14. The average Bonchev–Trinajstić information content (AvgIpc) is 2.45. The molecule has 1 N–H and O–H groups in total. The van der Waals surface area contributed by atoms with E-state index < -0.39 is 0 Å². The van der Waals surface area contributed by atoms with Crippen LogP contribution in [-0.2, 0) is 6.54 Å². The Morgan fingerprint density at radius 1 is 1.46 bits per heavy atom. The first-order valence-electron chi connectivity index (χ1n) is 4.63. The molecule has 13 heavy (non-hydrogen) atoms. The van der Waals surface area contributed by atoms with Crippen molar-refractivity contribution < 1.29 is 0 Å². The fraction of sp³-hybridized carbons (Fsp3) is 0.600. The summed E-state index contributed by atoms with van der Waals surface area (Å²) in [5.41, 5.74) is 0. The summed E-state index contributed by atoms with van der Waals surface area (Å²) in [6.45, 7) is 6.63. The van der Waals surface area contributed by atoms with Gasteiger partial charge in [-0.05, 0) is 46.9 Å². The van der Waals surface area contributed by atoms with Crippen LogP contribution in [0, 0.1) is 5.92 Å². The summed E-state index contributed by atoms with van der Waals surface area (Å²) < 4.78 is 1.22. The quantitative estimate of drug-likeness (QED) is 0.799. The van der Waals surface area contributed by atoms with Crippen molar-refractivity contribution in [1.82, 2.24) is 5.32 Å². The van der Waals surface area contributed by atoms with Gasteiger partial charge in [0.25, 0.3) is 0 Å². The lowest BCUT2D eigenvalue weighted by Gasteiger charge is -2.04. The highest BCUT2D eigenvalue weighted by atomic mass is 79.9. The van der Waals surface area contributed by atoms with E-state index in [9.17, 15) is 0 Å². The van der Waals surface area contributed by atoms with Crippen LogP contribution < -0.4 is 5.32 Å². The van der Waals surface area contributed by atoms with Crippen LogP contribution in [-0.4, -0.2) is 6.54 Å². The summed E-state index contributed by atoms with van der Waals surface area (Å²) in [6.07, 6.45) is 1.26. The van der Waals surface area contributed by atoms with Crippen molar-refractivity contribution in [2.24, 2.45) is 5.92 Å². The summed E-state index contributed by atoms with van der Waals surface area (Å²) in [7, 11) is 0. The molecule has 74 valence electrons. The lowest BCUT2D eigenvalue weighted by molar-refractivity contribution is 0.539. The van der Waals surface area contributed by atoms with Gasteiger partial charge < -0.3 is 5.32 Å². The number of halogens is 1.